The Hall–Kier alpha value is -3.35. The SMILES string of the molecule is COC(=O)c1ccc(C(=O)OC)c(NC(=O)[C@H](C)Oc2cc(C)cc(C)c2C)c1. The number of nitrogens with one attached hydrogen (secondary N) is 1. The van der Waals surface area contributed by atoms with Gasteiger partial charge in [0.2, 0.25) is 0 Å². The Bertz CT molecular complexity index is 951. The molecular formula is C22H25NO6. The summed E-state index contributed by atoms with van der Waals surface area (Å²) < 4.78 is 15.3. The third-order valence-corrected chi connectivity index (χ3v) is 4.54. The maximum absolute atomic E-state index is 12.7. The Kier molecular flexibility index (Phi) is 6.98. The smallest absolute Gasteiger partial charge is 0.339 e. The summed E-state index contributed by atoms with van der Waals surface area (Å²) in [6, 6.07) is 8.09. The van der Waals surface area contributed by atoms with Gasteiger partial charge in [0.25, 0.3) is 5.91 Å². The highest BCUT2D eigenvalue weighted by atomic mass is 16.5. The molecule has 29 heavy (non-hydrogen) atoms. The topological polar surface area (TPSA) is 90.9 Å². The number of hydrogen-bond acceptors (Lipinski definition) is 6. The van der Waals surface area contributed by atoms with Crippen LogP contribution in [0.3, 0.4) is 0 Å². The Labute approximate surface area is 170 Å². The van der Waals surface area contributed by atoms with Crippen LogP contribution in [0, 0.1) is 20.8 Å². The van der Waals surface area contributed by atoms with Gasteiger partial charge in [0.05, 0.1) is 31.0 Å². The predicted octanol–water partition coefficient (Wildman–Crippen LogP) is 3.59. The van der Waals surface area contributed by atoms with Gasteiger partial charge in [-0.15, -0.1) is 0 Å². The van der Waals surface area contributed by atoms with Crippen LogP contribution in [0.1, 0.15) is 44.3 Å². The van der Waals surface area contributed by atoms with Crippen molar-refractivity contribution in [3.05, 3.63) is 58.1 Å². The van der Waals surface area contributed by atoms with Crippen molar-refractivity contribution in [2.24, 2.45) is 0 Å². The van der Waals surface area contributed by atoms with Crippen LogP contribution in [-0.2, 0) is 14.3 Å². The number of carbonyl (C=O) groups excluding carboxylic acids is 3. The zero-order valence-electron chi connectivity index (χ0n) is 17.4. The molecule has 1 atom stereocenters. The van der Waals surface area contributed by atoms with Crippen LogP contribution < -0.4 is 10.1 Å². The number of carbonyl (C=O) groups is 3. The first kappa shape index (κ1) is 21.9. The van der Waals surface area contributed by atoms with Crippen LogP contribution in [0.4, 0.5) is 5.69 Å². The molecule has 0 saturated carbocycles. The minimum atomic E-state index is -0.845. The third-order valence-electron chi connectivity index (χ3n) is 4.54. The maximum atomic E-state index is 12.7. The predicted molar refractivity (Wildman–Crippen MR) is 108 cm³/mol. The van der Waals surface area contributed by atoms with Crippen LogP contribution in [0.5, 0.6) is 5.75 Å². The molecule has 0 aliphatic carbocycles. The fourth-order valence-corrected chi connectivity index (χ4v) is 2.78. The molecule has 0 unspecified atom stereocenters. The Balaban J connectivity index is 2.28. The standard InChI is InChI=1S/C22H25NO6/c1-12-9-13(2)14(3)19(10-12)29-15(4)20(24)23-18-11-16(21(25)27-5)7-8-17(18)22(26)28-6/h7-11,15H,1-6H3,(H,23,24)/t15-/m0/s1. The van der Waals surface area contributed by atoms with Gasteiger partial charge in [0.1, 0.15) is 5.75 Å². The first-order chi connectivity index (χ1) is 13.7. The number of esters is 2. The zero-order chi connectivity index (χ0) is 21.7. The minimum absolute atomic E-state index is 0.114. The van der Waals surface area contributed by atoms with Gasteiger partial charge in [-0.3, -0.25) is 4.79 Å². The van der Waals surface area contributed by atoms with E-state index in [0.29, 0.717) is 5.75 Å². The molecule has 0 fully saturated rings. The average molecular weight is 399 g/mol. The van der Waals surface area contributed by atoms with E-state index in [0.717, 1.165) is 16.7 Å². The van der Waals surface area contributed by atoms with Crippen LogP contribution in [-0.4, -0.2) is 38.2 Å². The lowest BCUT2D eigenvalue weighted by molar-refractivity contribution is -0.122. The second-order valence-electron chi connectivity index (χ2n) is 6.70. The van der Waals surface area contributed by atoms with Crippen molar-refractivity contribution in [2.45, 2.75) is 33.8 Å². The number of methoxy groups -OCH3 is 2. The molecular weight excluding hydrogens is 374 g/mol. The highest BCUT2D eigenvalue weighted by Gasteiger charge is 2.21. The third kappa shape index (κ3) is 5.13. The molecule has 0 heterocycles. The molecule has 2 aromatic rings. The van der Waals surface area contributed by atoms with Crippen molar-refractivity contribution in [1.29, 1.82) is 0 Å². The van der Waals surface area contributed by atoms with Gasteiger partial charge in [-0.05, 0) is 68.7 Å². The molecule has 0 radical (unpaired) electrons. The van der Waals surface area contributed by atoms with Crippen molar-refractivity contribution in [3.63, 3.8) is 0 Å². The highest BCUT2D eigenvalue weighted by Crippen LogP contribution is 2.25. The summed E-state index contributed by atoms with van der Waals surface area (Å²) >= 11 is 0. The minimum Gasteiger partial charge on any atom is -0.481 e. The normalized spacial score (nSPS) is 11.4. The summed E-state index contributed by atoms with van der Waals surface area (Å²) in [5.74, 6) is -1.10. The summed E-state index contributed by atoms with van der Waals surface area (Å²) in [6.45, 7) is 7.45. The lowest BCUT2D eigenvalue weighted by Crippen LogP contribution is -2.31. The molecule has 7 nitrogen and oxygen atoms in total. The summed E-state index contributed by atoms with van der Waals surface area (Å²) in [6.07, 6.45) is -0.845. The number of aryl methyl sites for hydroxylation is 2. The monoisotopic (exact) mass is 399 g/mol. The molecule has 2 aromatic carbocycles. The van der Waals surface area contributed by atoms with E-state index in [1.807, 2.05) is 32.9 Å². The average Bonchev–Trinajstić information content (AvgIpc) is 2.70. The number of anilines is 1. The molecule has 7 heteroatoms. The van der Waals surface area contributed by atoms with E-state index in [1.165, 1.54) is 32.4 Å². The van der Waals surface area contributed by atoms with Gasteiger partial charge in [-0.25, -0.2) is 9.59 Å². The number of hydrogen-bond donors (Lipinski definition) is 1. The number of amides is 1. The molecule has 2 rings (SSSR count). The Morgan fingerprint density at radius 1 is 0.931 bits per heavy atom. The first-order valence-electron chi connectivity index (χ1n) is 9.04. The lowest BCUT2D eigenvalue weighted by atomic mass is 10.1. The maximum Gasteiger partial charge on any atom is 0.339 e. The summed E-state index contributed by atoms with van der Waals surface area (Å²) in [5.41, 5.74) is 3.47. The van der Waals surface area contributed by atoms with E-state index in [2.05, 4.69) is 5.32 Å². The van der Waals surface area contributed by atoms with Crippen LogP contribution in [0.25, 0.3) is 0 Å². The molecule has 0 bridgehead atoms. The fourth-order valence-electron chi connectivity index (χ4n) is 2.78. The second-order valence-corrected chi connectivity index (χ2v) is 6.70. The molecule has 0 aromatic heterocycles. The first-order valence-corrected chi connectivity index (χ1v) is 9.04. The van der Waals surface area contributed by atoms with Crippen molar-refractivity contribution in [2.75, 3.05) is 19.5 Å². The van der Waals surface area contributed by atoms with Crippen molar-refractivity contribution >= 4 is 23.5 Å². The number of rotatable bonds is 6. The molecule has 154 valence electrons. The van der Waals surface area contributed by atoms with E-state index in [1.54, 1.807) is 6.92 Å². The molecule has 1 amide bonds. The molecule has 1 N–H and O–H groups in total. The molecule has 0 aliphatic heterocycles. The number of benzene rings is 2. The molecule has 0 saturated heterocycles. The van der Waals surface area contributed by atoms with Gasteiger partial charge in [0, 0.05) is 0 Å². The molecule has 0 spiro atoms. The van der Waals surface area contributed by atoms with E-state index >= 15 is 0 Å². The summed E-state index contributed by atoms with van der Waals surface area (Å²) in [7, 11) is 2.48. The summed E-state index contributed by atoms with van der Waals surface area (Å²) in [4.78, 5) is 36.5. The second kappa shape index (κ2) is 9.23. The zero-order valence-corrected chi connectivity index (χ0v) is 17.4. The highest BCUT2D eigenvalue weighted by molar-refractivity contribution is 6.04. The van der Waals surface area contributed by atoms with Gasteiger partial charge in [-0.2, -0.15) is 0 Å². The van der Waals surface area contributed by atoms with Gasteiger partial charge < -0.3 is 19.5 Å². The van der Waals surface area contributed by atoms with E-state index < -0.39 is 23.9 Å². The van der Waals surface area contributed by atoms with Crippen molar-refractivity contribution < 1.29 is 28.6 Å². The number of ether oxygens (including phenoxy) is 3. The van der Waals surface area contributed by atoms with Crippen molar-refractivity contribution in [1.82, 2.24) is 0 Å². The fraction of sp³-hybridized carbons (Fsp3) is 0.318. The van der Waals surface area contributed by atoms with Crippen molar-refractivity contribution in [3.8, 4) is 5.75 Å². The van der Waals surface area contributed by atoms with Gasteiger partial charge >= 0.3 is 11.9 Å². The van der Waals surface area contributed by atoms with Crippen LogP contribution in [0.15, 0.2) is 30.3 Å². The lowest BCUT2D eigenvalue weighted by Gasteiger charge is -2.19. The van der Waals surface area contributed by atoms with Gasteiger partial charge in [0.15, 0.2) is 6.10 Å². The van der Waals surface area contributed by atoms with E-state index in [4.69, 9.17) is 14.2 Å². The molecule has 0 aliphatic rings. The largest absolute Gasteiger partial charge is 0.481 e. The van der Waals surface area contributed by atoms with Crippen LogP contribution in [0.2, 0.25) is 0 Å². The van der Waals surface area contributed by atoms with Crippen LogP contribution >= 0.6 is 0 Å². The van der Waals surface area contributed by atoms with E-state index in [-0.39, 0.29) is 16.8 Å². The Morgan fingerprint density at radius 2 is 1.59 bits per heavy atom. The Morgan fingerprint density at radius 3 is 2.21 bits per heavy atom. The summed E-state index contributed by atoms with van der Waals surface area (Å²) in [5, 5.41) is 2.64. The van der Waals surface area contributed by atoms with Gasteiger partial charge in [-0.1, -0.05) is 6.07 Å². The quantitative estimate of drug-likeness (QED) is 0.747. The van der Waals surface area contributed by atoms with E-state index in [9.17, 15) is 14.4 Å².